The third-order valence-electron chi connectivity index (χ3n) is 5.14. The van der Waals surface area contributed by atoms with E-state index in [-0.39, 0.29) is 17.2 Å². The molecule has 2 aliphatic rings. The maximum atomic E-state index is 12.1. The van der Waals surface area contributed by atoms with E-state index in [0.29, 0.717) is 25.2 Å². The van der Waals surface area contributed by atoms with Crippen molar-refractivity contribution in [1.82, 2.24) is 4.90 Å². The number of β-amino-alcohol motifs (C(OH)–C–C–N with tert-alkyl or cyclic N) is 1. The van der Waals surface area contributed by atoms with Crippen LogP contribution in [0.3, 0.4) is 0 Å². The second-order valence-corrected chi connectivity index (χ2v) is 7.53. The molecule has 6 nitrogen and oxygen atoms in total. The van der Waals surface area contributed by atoms with Gasteiger partial charge in [0.15, 0.2) is 0 Å². The first-order chi connectivity index (χ1) is 11.2. The molecule has 0 aromatic heterocycles. The first-order valence-corrected chi connectivity index (χ1v) is 8.37. The van der Waals surface area contributed by atoms with E-state index in [2.05, 4.69) is 5.32 Å². The fraction of sp³-hybridized carbons (Fsp3) is 0.588. The van der Waals surface area contributed by atoms with Gasteiger partial charge in [0.1, 0.15) is 0 Å². The molecule has 24 heavy (non-hydrogen) atoms. The molecule has 1 atom stereocenters. The van der Waals surface area contributed by atoms with Crippen molar-refractivity contribution in [1.29, 1.82) is 0 Å². The summed E-state index contributed by atoms with van der Waals surface area (Å²) in [4.78, 5) is 13.7. The van der Waals surface area contributed by atoms with Gasteiger partial charge in [-0.25, -0.2) is 4.79 Å². The molecule has 130 valence electrons. The number of rotatable bonds is 2. The van der Waals surface area contributed by atoms with Gasteiger partial charge in [-0.3, -0.25) is 0 Å². The summed E-state index contributed by atoms with van der Waals surface area (Å²) in [6.45, 7) is 9.05. The summed E-state index contributed by atoms with van der Waals surface area (Å²) in [7, 11) is -0.409. The molecule has 2 heterocycles. The number of nitrogens with one attached hydrogen (secondary N) is 1. The van der Waals surface area contributed by atoms with Gasteiger partial charge in [0.25, 0.3) is 0 Å². The quantitative estimate of drug-likeness (QED) is 0.807. The van der Waals surface area contributed by atoms with E-state index < -0.39 is 13.2 Å². The van der Waals surface area contributed by atoms with Crippen molar-refractivity contribution < 1.29 is 19.2 Å². The summed E-state index contributed by atoms with van der Waals surface area (Å²) in [5.74, 6) is 0. The van der Waals surface area contributed by atoms with Crippen LogP contribution in [0.2, 0.25) is 0 Å². The van der Waals surface area contributed by atoms with Crippen LogP contribution in [0, 0.1) is 0 Å². The molecule has 2 amide bonds. The number of likely N-dealkylation sites (tertiary alicyclic amines) is 1. The highest BCUT2D eigenvalue weighted by atomic mass is 16.7. The molecule has 0 aliphatic carbocycles. The fourth-order valence-electron chi connectivity index (χ4n) is 2.83. The Hall–Kier alpha value is -1.57. The zero-order valence-electron chi connectivity index (χ0n) is 14.7. The normalized spacial score (nSPS) is 25.1. The van der Waals surface area contributed by atoms with Crippen LogP contribution in [0.1, 0.15) is 34.1 Å². The molecule has 0 spiro atoms. The fourth-order valence-corrected chi connectivity index (χ4v) is 2.83. The van der Waals surface area contributed by atoms with Crippen molar-refractivity contribution in [3.63, 3.8) is 0 Å². The Morgan fingerprint density at radius 2 is 1.79 bits per heavy atom. The SMILES string of the molecule is CC1(C)OB(c2ccc(NC(=O)N3CC[C@@H](O)C3)cc2)OC1(C)C. The third-order valence-corrected chi connectivity index (χ3v) is 5.14. The van der Waals surface area contributed by atoms with E-state index in [1.165, 1.54) is 0 Å². The first kappa shape index (κ1) is 17.3. The summed E-state index contributed by atoms with van der Waals surface area (Å²) >= 11 is 0. The Morgan fingerprint density at radius 1 is 1.21 bits per heavy atom. The van der Waals surface area contributed by atoms with Crippen LogP contribution in [0.15, 0.2) is 24.3 Å². The first-order valence-electron chi connectivity index (χ1n) is 8.37. The van der Waals surface area contributed by atoms with Gasteiger partial charge < -0.3 is 24.6 Å². The number of amides is 2. The third kappa shape index (κ3) is 3.29. The van der Waals surface area contributed by atoms with Crippen molar-refractivity contribution >= 4 is 24.3 Å². The molecule has 0 radical (unpaired) electrons. The van der Waals surface area contributed by atoms with Crippen LogP contribution in [0.4, 0.5) is 10.5 Å². The van der Waals surface area contributed by atoms with Crippen LogP contribution < -0.4 is 10.8 Å². The number of hydrogen-bond acceptors (Lipinski definition) is 4. The average molecular weight is 332 g/mol. The van der Waals surface area contributed by atoms with Crippen LogP contribution in [0.25, 0.3) is 0 Å². The highest BCUT2D eigenvalue weighted by Gasteiger charge is 2.51. The molecule has 3 rings (SSSR count). The highest BCUT2D eigenvalue weighted by molar-refractivity contribution is 6.62. The minimum Gasteiger partial charge on any atom is -0.399 e. The van der Waals surface area contributed by atoms with Crippen LogP contribution in [0.5, 0.6) is 0 Å². The lowest BCUT2D eigenvalue weighted by molar-refractivity contribution is 0.00578. The Bertz CT molecular complexity index is 602. The number of urea groups is 1. The molecule has 0 unspecified atom stereocenters. The largest absolute Gasteiger partial charge is 0.494 e. The van der Waals surface area contributed by atoms with E-state index in [9.17, 15) is 9.90 Å². The molecule has 2 aliphatic heterocycles. The molecule has 0 saturated carbocycles. The summed E-state index contributed by atoms with van der Waals surface area (Å²) in [5.41, 5.74) is 0.882. The number of carbonyl (C=O) groups is 1. The van der Waals surface area contributed by atoms with Crippen LogP contribution in [-0.2, 0) is 9.31 Å². The molecule has 0 bridgehead atoms. The number of aliphatic hydroxyl groups excluding tert-OH is 1. The summed E-state index contributed by atoms with van der Waals surface area (Å²) in [6.07, 6.45) is 0.218. The smallest absolute Gasteiger partial charge is 0.399 e. The minimum atomic E-state index is -0.415. The molecule has 2 saturated heterocycles. The number of aliphatic hydroxyl groups is 1. The topological polar surface area (TPSA) is 71.0 Å². The Labute approximate surface area is 143 Å². The lowest BCUT2D eigenvalue weighted by Crippen LogP contribution is -2.41. The van der Waals surface area contributed by atoms with Gasteiger partial charge in [0, 0.05) is 18.8 Å². The molecule has 2 N–H and O–H groups in total. The second kappa shape index (κ2) is 6.06. The van der Waals surface area contributed by atoms with Gasteiger partial charge in [0.2, 0.25) is 0 Å². The van der Waals surface area contributed by atoms with Crippen molar-refractivity contribution in [3.8, 4) is 0 Å². The maximum Gasteiger partial charge on any atom is 0.494 e. The summed E-state index contributed by atoms with van der Waals surface area (Å²) in [6, 6.07) is 7.29. The van der Waals surface area contributed by atoms with Crippen molar-refractivity contribution in [2.24, 2.45) is 0 Å². The minimum absolute atomic E-state index is 0.185. The predicted octanol–water partition coefficient (Wildman–Crippen LogP) is 1.58. The lowest BCUT2D eigenvalue weighted by Gasteiger charge is -2.32. The van der Waals surface area contributed by atoms with E-state index in [4.69, 9.17) is 9.31 Å². The number of hydrogen-bond donors (Lipinski definition) is 2. The van der Waals surface area contributed by atoms with Crippen LogP contribution in [-0.4, -0.2) is 53.6 Å². The van der Waals surface area contributed by atoms with Gasteiger partial charge in [-0.2, -0.15) is 0 Å². The van der Waals surface area contributed by atoms with Gasteiger partial charge >= 0.3 is 13.1 Å². The molecule has 7 heteroatoms. The van der Waals surface area contributed by atoms with Gasteiger partial charge in [-0.05, 0) is 51.7 Å². The molecular weight excluding hydrogens is 307 g/mol. The second-order valence-electron chi connectivity index (χ2n) is 7.53. The average Bonchev–Trinajstić information content (AvgIpc) is 3.01. The number of benzene rings is 1. The summed E-state index contributed by atoms with van der Waals surface area (Å²) < 4.78 is 12.0. The van der Waals surface area contributed by atoms with E-state index in [1.54, 1.807) is 4.90 Å². The van der Waals surface area contributed by atoms with Crippen molar-refractivity contribution in [2.45, 2.75) is 51.4 Å². The predicted molar refractivity (Wildman–Crippen MR) is 93.4 cm³/mol. The van der Waals surface area contributed by atoms with Gasteiger partial charge in [0.05, 0.1) is 17.3 Å². The van der Waals surface area contributed by atoms with E-state index in [0.717, 1.165) is 5.46 Å². The lowest BCUT2D eigenvalue weighted by atomic mass is 9.79. The van der Waals surface area contributed by atoms with E-state index >= 15 is 0 Å². The molecule has 2 fully saturated rings. The monoisotopic (exact) mass is 332 g/mol. The Morgan fingerprint density at radius 3 is 2.29 bits per heavy atom. The Balaban J connectivity index is 1.63. The van der Waals surface area contributed by atoms with Crippen molar-refractivity contribution in [2.75, 3.05) is 18.4 Å². The van der Waals surface area contributed by atoms with Crippen molar-refractivity contribution in [3.05, 3.63) is 24.3 Å². The molecule has 1 aromatic carbocycles. The molecular formula is C17H25BN2O4. The van der Waals surface area contributed by atoms with Crippen LogP contribution >= 0.6 is 0 Å². The zero-order valence-corrected chi connectivity index (χ0v) is 14.7. The number of carbonyl (C=O) groups excluding carboxylic acids is 1. The summed E-state index contributed by atoms with van der Waals surface area (Å²) in [5, 5.41) is 12.4. The standard InChI is InChI=1S/C17H25BN2O4/c1-16(2)17(3,4)24-18(23-16)12-5-7-13(8-6-12)19-15(22)20-10-9-14(21)11-20/h5-8,14,21H,9-11H2,1-4H3,(H,19,22)/t14-/m1/s1. The number of anilines is 1. The maximum absolute atomic E-state index is 12.1. The van der Waals surface area contributed by atoms with E-state index in [1.807, 2.05) is 52.0 Å². The Kier molecular flexibility index (Phi) is 4.36. The van der Waals surface area contributed by atoms with Gasteiger partial charge in [-0.1, -0.05) is 12.1 Å². The van der Waals surface area contributed by atoms with Gasteiger partial charge in [-0.15, -0.1) is 0 Å². The number of nitrogens with zero attached hydrogens (tertiary/aromatic N) is 1. The zero-order chi connectivity index (χ0) is 17.5. The highest BCUT2D eigenvalue weighted by Crippen LogP contribution is 2.36. The molecule has 1 aromatic rings.